The van der Waals surface area contributed by atoms with Crippen molar-refractivity contribution in [2.75, 3.05) is 0 Å². The third-order valence-electron chi connectivity index (χ3n) is 2.63. The van der Waals surface area contributed by atoms with Gasteiger partial charge in [0.1, 0.15) is 6.10 Å². The molecule has 5 heteroatoms. The summed E-state index contributed by atoms with van der Waals surface area (Å²) in [6.45, 7) is 3.73. The molecule has 0 saturated heterocycles. The van der Waals surface area contributed by atoms with Crippen LogP contribution in [0, 0.1) is 5.92 Å². The Kier molecular flexibility index (Phi) is 5.51. The van der Waals surface area contributed by atoms with Crippen LogP contribution in [0.25, 0.3) is 0 Å². The maximum atomic E-state index is 11.6. The van der Waals surface area contributed by atoms with Crippen molar-refractivity contribution in [1.29, 1.82) is 0 Å². The second-order valence-electron chi connectivity index (χ2n) is 4.84. The lowest BCUT2D eigenvalue weighted by Gasteiger charge is -2.21. The molecule has 19 heavy (non-hydrogen) atoms. The van der Waals surface area contributed by atoms with Crippen LogP contribution in [0.2, 0.25) is 0 Å². The highest BCUT2D eigenvalue weighted by atomic mass is 16.4. The maximum absolute atomic E-state index is 11.6. The number of amides is 1. The number of carbonyl (C=O) groups excluding carboxylic acids is 1. The Bertz CT molecular complexity index is 430. The molecule has 1 amide bonds. The van der Waals surface area contributed by atoms with Crippen LogP contribution in [0.3, 0.4) is 0 Å². The smallest absolute Gasteiger partial charge is 0.329 e. The van der Waals surface area contributed by atoms with E-state index in [1.807, 2.05) is 13.8 Å². The number of aliphatic hydroxyl groups is 1. The molecule has 5 nitrogen and oxygen atoms in total. The molecule has 0 aliphatic rings. The minimum atomic E-state index is -1.34. The van der Waals surface area contributed by atoms with Crippen LogP contribution in [-0.4, -0.2) is 28.1 Å². The third kappa shape index (κ3) is 4.71. The van der Waals surface area contributed by atoms with Crippen molar-refractivity contribution in [3.63, 3.8) is 0 Å². The quantitative estimate of drug-likeness (QED) is 0.724. The Morgan fingerprint density at radius 3 is 2.26 bits per heavy atom. The number of carboxylic acids is 1. The summed E-state index contributed by atoms with van der Waals surface area (Å²) >= 11 is 0. The molecule has 3 N–H and O–H groups in total. The zero-order valence-electron chi connectivity index (χ0n) is 11.0. The van der Waals surface area contributed by atoms with Crippen LogP contribution >= 0.6 is 0 Å². The number of aliphatic carboxylic acids is 1. The summed E-state index contributed by atoms with van der Waals surface area (Å²) in [5.41, 5.74) is 0.458. The van der Waals surface area contributed by atoms with Crippen LogP contribution < -0.4 is 5.32 Å². The van der Waals surface area contributed by atoms with E-state index in [2.05, 4.69) is 5.32 Å². The maximum Gasteiger partial charge on any atom is 0.329 e. The predicted molar refractivity (Wildman–Crippen MR) is 70.4 cm³/mol. The highest BCUT2D eigenvalue weighted by Gasteiger charge is 2.29. The molecule has 0 saturated carbocycles. The fourth-order valence-corrected chi connectivity index (χ4v) is 1.72. The van der Waals surface area contributed by atoms with Crippen LogP contribution in [-0.2, 0) is 9.59 Å². The number of aliphatic hydroxyl groups excluding tert-OH is 1. The van der Waals surface area contributed by atoms with Crippen molar-refractivity contribution in [1.82, 2.24) is 5.32 Å². The molecule has 0 bridgehead atoms. The minimum Gasteiger partial charge on any atom is -0.480 e. The van der Waals surface area contributed by atoms with Crippen LogP contribution in [0.1, 0.15) is 31.9 Å². The van der Waals surface area contributed by atoms with E-state index >= 15 is 0 Å². The first-order valence-corrected chi connectivity index (χ1v) is 6.17. The van der Waals surface area contributed by atoms with Gasteiger partial charge in [-0.3, -0.25) is 4.79 Å². The second kappa shape index (κ2) is 6.89. The molecule has 0 spiro atoms. The van der Waals surface area contributed by atoms with Gasteiger partial charge in [-0.05, 0) is 11.5 Å². The summed E-state index contributed by atoms with van der Waals surface area (Å²) in [5, 5.41) is 21.5. The molecule has 1 aromatic rings. The summed E-state index contributed by atoms with van der Waals surface area (Å²) in [6, 6.07) is 7.07. The Morgan fingerprint density at radius 2 is 1.79 bits per heavy atom. The van der Waals surface area contributed by atoms with Crippen LogP contribution in [0.5, 0.6) is 0 Å². The van der Waals surface area contributed by atoms with Gasteiger partial charge in [0.15, 0.2) is 6.04 Å². The van der Waals surface area contributed by atoms with Gasteiger partial charge in [0.2, 0.25) is 5.91 Å². The molecule has 0 aliphatic carbocycles. The van der Waals surface area contributed by atoms with Gasteiger partial charge in [-0.1, -0.05) is 44.2 Å². The first-order chi connectivity index (χ1) is 8.91. The van der Waals surface area contributed by atoms with Crippen molar-refractivity contribution in [3.05, 3.63) is 35.9 Å². The number of nitrogens with one attached hydrogen (secondary N) is 1. The lowest BCUT2D eigenvalue weighted by atomic mass is 10.0. The second-order valence-corrected chi connectivity index (χ2v) is 4.84. The monoisotopic (exact) mass is 265 g/mol. The van der Waals surface area contributed by atoms with Crippen LogP contribution in [0.15, 0.2) is 30.3 Å². The molecule has 2 atom stereocenters. The van der Waals surface area contributed by atoms with E-state index in [4.69, 9.17) is 5.11 Å². The average Bonchev–Trinajstić information content (AvgIpc) is 2.35. The van der Waals surface area contributed by atoms with Crippen molar-refractivity contribution in [2.24, 2.45) is 5.92 Å². The number of rotatable bonds is 6. The molecule has 0 heterocycles. The van der Waals surface area contributed by atoms with Gasteiger partial charge in [-0.25, -0.2) is 4.79 Å². The number of benzene rings is 1. The van der Waals surface area contributed by atoms with E-state index in [-0.39, 0.29) is 18.2 Å². The Balaban J connectivity index is 2.78. The van der Waals surface area contributed by atoms with Gasteiger partial charge in [0.25, 0.3) is 0 Å². The highest BCUT2D eigenvalue weighted by Crippen LogP contribution is 2.17. The van der Waals surface area contributed by atoms with Crippen LogP contribution in [0.4, 0.5) is 0 Å². The van der Waals surface area contributed by atoms with Gasteiger partial charge in [0, 0.05) is 6.42 Å². The van der Waals surface area contributed by atoms with E-state index in [1.165, 1.54) is 0 Å². The Morgan fingerprint density at radius 1 is 1.21 bits per heavy atom. The van der Waals surface area contributed by atoms with E-state index < -0.39 is 18.1 Å². The van der Waals surface area contributed by atoms with Crippen molar-refractivity contribution < 1.29 is 19.8 Å². The number of carbonyl (C=O) groups is 2. The summed E-state index contributed by atoms with van der Waals surface area (Å²) in [5.74, 6) is -1.51. The lowest BCUT2D eigenvalue weighted by Crippen LogP contribution is -2.45. The number of hydrogen-bond acceptors (Lipinski definition) is 3. The lowest BCUT2D eigenvalue weighted by molar-refractivity contribution is -0.145. The van der Waals surface area contributed by atoms with Gasteiger partial charge >= 0.3 is 5.97 Å². The first-order valence-electron chi connectivity index (χ1n) is 6.17. The zero-order valence-corrected chi connectivity index (χ0v) is 11.0. The fourth-order valence-electron chi connectivity index (χ4n) is 1.72. The van der Waals surface area contributed by atoms with Gasteiger partial charge in [0.05, 0.1) is 0 Å². The molecule has 0 radical (unpaired) electrons. The number of hydrogen-bond donors (Lipinski definition) is 3. The molecular formula is C14H19NO4. The molecule has 104 valence electrons. The third-order valence-corrected chi connectivity index (χ3v) is 2.63. The van der Waals surface area contributed by atoms with Gasteiger partial charge in [-0.15, -0.1) is 0 Å². The standard InChI is InChI=1S/C14H19NO4/c1-9(2)8-11(16)15-12(14(18)19)13(17)10-6-4-3-5-7-10/h3-7,9,12-13,17H,8H2,1-2H3,(H,15,16)(H,18,19). The van der Waals surface area contributed by atoms with Crippen molar-refractivity contribution in [3.8, 4) is 0 Å². The largest absolute Gasteiger partial charge is 0.480 e. The predicted octanol–water partition coefficient (Wildman–Crippen LogP) is 1.34. The summed E-state index contributed by atoms with van der Waals surface area (Å²) in [7, 11) is 0. The van der Waals surface area contributed by atoms with E-state index in [1.54, 1.807) is 30.3 Å². The average molecular weight is 265 g/mol. The molecule has 0 aliphatic heterocycles. The molecule has 2 unspecified atom stereocenters. The Hall–Kier alpha value is -1.88. The normalized spacial score (nSPS) is 13.9. The number of carboxylic acid groups (broad SMARTS) is 1. The van der Waals surface area contributed by atoms with Crippen molar-refractivity contribution >= 4 is 11.9 Å². The van der Waals surface area contributed by atoms with E-state index in [0.29, 0.717) is 5.56 Å². The summed E-state index contributed by atoms with van der Waals surface area (Å²) in [4.78, 5) is 22.8. The molecule has 1 aromatic carbocycles. The molecule has 0 fully saturated rings. The summed E-state index contributed by atoms with van der Waals surface area (Å²) in [6.07, 6.45) is -1.04. The van der Waals surface area contributed by atoms with E-state index in [9.17, 15) is 14.7 Å². The fraction of sp³-hybridized carbons (Fsp3) is 0.429. The van der Waals surface area contributed by atoms with Crippen molar-refractivity contribution in [2.45, 2.75) is 32.4 Å². The molecule has 0 aromatic heterocycles. The Labute approximate surface area is 112 Å². The SMILES string of the molecule is CC(C)CC(=O)NC(C(=O)O)C(O)c1ccccc1. The molecule has 1 rings (SSSR count). The topological polar surface area (TPSA) is 86.6 Å². The van der Waals surface area contributed by atoms with Gasteiger partial charge < -0.3 is 15.5 Å². The highest BCUT2D eigenvalue weighted by molar-refractivity contribution is 5.84. The zero-order chi connectivity index (χ0) is 14.4. The van der Waals surface area contributed by atoms with Gasteiger partial charge in [-0.2, -0.15) is 0 Å². The van der Waals surface area contributed by atoms with E-state index in [0.717, 1.165) is 0 Å². The summed E-state index contributed by atoms with van der Waals surface area (Å²) < 4.78 is 0. The molecular weight excluding hydrogens is 246 g/mol. The first kappa shape index (κ1) is 15.2. The minimum absolute atomic E-state index is 0.128.